The molecule has 8 heteroatoms. The summed E-state index contributed by atoms with van der Waals surface area (Å²) in [6.45, 7) is 1.78. The molecular formula is C22H16ClN3O3S. The number of hydrogen-bond acceptors (Lipinski definition) is 4. The number of aromatic hydroxyl groups is 1. The van der Waals surface area contributed by atoms with Gasteiger partial charge in [-0.1, -0.05) is 17.7 Å². The van der Waals surface area contributed by atoms with Crippen molar-refractivity contribution in [3.8, 4) is 11.4 Å². The summed E-state index contributed by atoms with van der Waals surface area (Å²) in [6, 6.07) is 15.3. The van der Waals surface area contributed by atoms with Gasteiger partial charge in [-0.05, 0) is 79.3 Å². The molecule has 6 nitrogen and oxygen atoms in total. The number of anilines is 1. The monoisotopic (exact) mass is 437 g/mol. The number of amides is 2. The predicted octanol–water partition coefficient (Wildman–Crippen LogP) is 3.98. The zero-order chi connectivity index (χ0) is 21.4. The van der Waals surface area contributed by atoms with E-state index in [9.17, 15) is 14.7 Å². The largest absolute Gasteiger partial charge is 0.508 e. The second-order valence-corrected chi connectivity index (χ2v) is 7.46. The van der Waals surface area contributed by atoms with Gasteiger partial charge in [-0.2, -0.15) is 0 Å². The molecule has 2 N–H and O–H groups in total. The van der Waals surface area contributed by atoms with Gasteiger partial charge in [0, 0.05) is 22.6 Å². The van der Waals surface area contributed by atoms with Crippen LogP contribution < -0.4 is 10.2 Å². The lowest BCUT2D eigenvalue weighted by molar-refractivity contribution is -0.122. The van der Waals surface area contributed by atoms with Gasteiger partial charge < -0.3 is 9.67 Å². The number of carbonyl (C=O) groups is 2. The molecule has 3 aromatic rings. The van der Waals surface area contributed by atoms with E-state index in [2.05, 4.69) is 5.32 Å². The Balaban J connectivity index is 1.77. The van der Waals surface area contributed by atoms with E-state index < -0.39 is 11.8 Å². The molecule has 1 aliphatic rings. The first-order chi connectivity index (χ1) is 14.4. The van der Waals surface area contributed by atoms with Crippen molar-refractivity contribution in [3.05, 3.63) is 82.6 Å². The first-order valence-electron chi connectivity index (χ1n) is 9.00. The Labute approximate surface area is 183 Å². The van der Waals surface area contributed by atoms with Gasteiger partial charge in [-0.15, -0.1) is 0 Å². The lowest BCUT2D eigenvalue weighted by Gasteiger charge is -2.30. The van der Waals surface area contributed by atoms with Gasteiger partial charge >= 0.3 is 0 Å². The molecule has 0 atom stereocenters. The van der Waals surface area contributed by atoms with Crippen molar-refractivity contribution < 1.29 is 14.7 Å². The van der Waals surface area contributed by atoms with Gasteiger partial charge in [0.15, 0.2) is 5.11 Å². The van der Waals surface area contributed by atoms with E-state index in [1.54, 1.807) is 72.3 Å². The Morgan fingerprint density at radius 2 is 1.80 bits per heavy atom. The van der Waals surface area contributed by atoms with Gasteiger partial charge in [-0.25, -0.2) is 0 Å². The lowest BCUT2D eigenvalue weighted by Crippen LogP contribution is -2.54. The van der Waals surface area contributed by atoms with Crippen molar-refractivity contribution >= 4 is 52.5 Å². The molecule has 1 saturated heterocycles. The second kappa shape index (κ2) is 7.78. The van der Waals surface area contributed by atoms with Crippen LogP contribution in [0.1, 0.15) is 11.3 Å². The maximum Gasteiger partial charge on any atom is 0.270 e. The van der Waals surface area contributed by atoms with Gasteiger partial charge in [0.05, 0.1) is 5.69 Å². The van der Waals surface area contributed by atoms with Crippen LogP contribution in [0.5, 0.6) is 5.75 Å². The average molecular weight is 438 g/mol. The van der Waals surface area contributed by atoms with E-state index >= 15 is 0 Å². The van der Waals surface area contributed by atoms with Gasteiger partial charge in [0.25, 0.3) is 11.8 Å². The Hall–Kier alpha value is -3.42. The van der Waals surface area contributed by atoms with E-state index in [-0.39, 0.29) is 16.4 Å². The molecule has 1 aliphatic heterocycles. The van der Waals surface area contributed by atoms with E-state index in [4.69, 9.17) is 23.8 Å². The molecular weight excluding hydrogens is 422 g/mol. The fourth-order valence-electron chi connectivity index (χ4n) is 3.22. The van der Waals surface area contributed by atoms with Crippen molar-refractivity contribution in [3.63, 3.8) is 0 Å². The number of nitrogens with zero attached hydrogens (tertiary/aromatic N) is 2. The number of aromatic nitrogens is 1. The third-order valence-corrected chi connectivity index (χ3v) is 5.48. The maximum absolute atomic E-state index is 13.3. The summed E-state index contributed by atoms with van der Waals surface area (Å²) in [5.74, 6) is -0.958. The van der Waals surface area contributed by atoms with E-state index in [1.807, 2.05) is 0 Å². The maximum atomic E-state index is 13.3. The minimum atomic E-state index is -0.570. The Morgan fingerprint density at radius 1 is 1.07 bits per heavy atom. The average Bonchev–Trinajstić information content (AvgIpc) is 3.17. The summed E-state index contributed by atoms with van der Waals surface area (Å²) in [5.41, 5.74) is 2.53. The zero-order valence-corrected chi connectivity index (χ0v) is 17.4. The fourth-order valence-corrected chi connectivity index (χ4v) is 3.67. The number of hydrogen-bond donors (Lipinski definition) is 2. The molecule has 2 aromatic carbocycles. The van der Waals surface area contributed by atoms with Crippen LogP contribution >= 0.6 is 23.8 Å². The molecule has 1 aromatic heterocycles. The normalized spacial score (nSPS) is 15.6. The standard InChI is InChI=1S/C22H16ClN3O3S/c1-13-18(23)5-2-6-19(13)26-21(29)17(20(28)24-22(26)30)12-15-4-3-11-25(15)14-7-9-16(27)10-8-14/h2-12,27H,1H3,(H,24,28,30). The third kappa shape index (κ3) is 3.49. The highest BCUT2D eigenvalue weighted by Gasteiger charge is 2.35. The summed E-state index contributed by atoms with van der Waals surface area (Å²) in [5, 5.41) is 12.6. The highest BCUT2D eigenvalue weighted by atomic mass is 35.5. The zero-order valence-electron chi connectivity index (χ0n) is 15.8. The lowest BCUT2D eigenvalue weighted by atomic mass is 10.1. The summed E-state index contributed by atoms with van der Waals surface area (Å²) < 4.78 is 1.80. The molecule has 2 amide bonds. The first-order valence-corrected chi connectivity index (χ1v) is 9.79. The predicted molar refractivity (Wildman–Crippen MR) is 120 cm³/mol. The molecule has 1 fully saturated rings. The SMILES string of the molecule is Cc1c(Cl)cccc1N1C(=O)C(=Cc2cccn2-c2ccc(O)cc2)C(=O)NC1=S. The van der Waals surface area contributed by atoms with Crippen molar-refractivity contribution in [2.45, 2.75) is 6.92 Å². The minimum absolute atomic E-state index is 0.00133. The van der Waals surface area contributed by atoms with Crippen LogP contribution in [-0.4, -0.2) is 26.6 Å². The Kier molecular flexibility index (Phi) is 5.15. The molecule has 0 unspecified atom stereocenters. The molecule has 2 heterocycles. The number of benzene rings is 2. The topological polar surface area (TPSA) is 74.6 Å². The van der Waals surface area contributed by atoms with Crippen LogP contribution in [0.15, 0.2) is 66.4 Å². The number of thiocarbonyl (C=S) groups is 1. The molecule has 0 saturated carbocycles. The molecule has 0 bridgehead atoms. The highest BCUT2D eigenvalue weighted by Crippen LogP contribution is 2.30. The molecule has 0 spiro atoms. The van der Waals surface area contributed by atoms with Gasteiger partial charge in [0.1, 0.15) is 11.3 Å². The first kappa shape index (κ1) is 19.9. The number of phenolic OH excluding ortho intramolecular Hbond substituents is 1. The van der Waals surface area contributed by atoms with Crippen molar-refractivity contribution in [1.82, 2.24) is 9.88 Å². The van der Waals surface area contributed by atoms with Crippen LogP contribution in [0.3, 0.4) is 0 Å². The quantitative estimate of drug-likeness (QED) is 0.369. The fraction of sp³-hybridized carbons (Fsp3) is 0.0455. The van der Waals surface area contributed by atoms with Crippen molar-refractivity contribution in [2.75, 3.05) is 4.90 Å². The summed E-state index contributed by atoms with van der Waals surface area (Å²) in [4.78, 5) is 27.1. The van der Waals surface area contributed by atoms with E-state index in [0.717, 1.165) is 5.69 Å². The number of rotatable bonds is 3. The number of nitrogens with one attached hydrogen (secondary N) is 1. The van der Waals surface area contributed by atoms with Crippen LogP contribution in [0.25, 0.3) is 11.8 Å². The second-order valence-electron chi connectivity index (χ2n) is 6.66. The number of phenols is 1. The van der Waals surface area contributed by atoms with E-state index in [0.29, 0.717) is 22.0 Å². The third-order valence-electron chi connectivity index (χ3n) is 4.78. The van der Waals surface area contributed by atoms with Crippen LogP contribution in [0.2, 0.25) is 5.02 Å². The Morgan fingerprint density at radius 3 is 2.53 bits per heavy atom. The summed E-state index contributed by atoms with van der Waals surface area (Å²) in [6.07, 6.45) is 3.31. The van der Waals surface area contributed by atoms with Crippen LogP contribution in [-0.2, 0) is 9.59 Å². The number of carbonyl (C=O) groups excluding carboxylic acids is 2. The molecule has 30 heavy (non-hydrogen) atoms. The van der Waals surface area contributed by atoms with Crippen LogP contribution in [0.4, 0.5) is 5.69 Å². The van der Waals surface area contributed by atoms with Crippen molar-refractivity contribution in [1.29, 1.82) is 0 Å². The summed E-state index contributed by atoms with van der Waals surface area (Å²) in [7, 11) is 0. The molecule has 150 valence electrons. The molecule has 0 radical (unpaired) electrons. The highest BCUT2D eigenvalue weighted by molar-refractivity contribution is 7.80. The number of halogens is 1. The summed E-state index contributed by atoms with van der Waals surface area (Å²) >= 11 is 11.5. The Bertz CT molecular complexity index is 1210. The molecule has 4 rings (SSSR count). The van der Waals surface area contributed by atoms with E-state index in [1.165, 1.54) is 11.0 Å². The minimum Gasteiger partial charge on any atom is -0.508 e. The van der Waals surface area contributed by atoms with Gasteiger partial charge in [0.2, 0.25) is 0 Å². The van der Waals surface area contributed by atoms with Crippen LogP contribution in [0, 0.1) is 6.92 Å². The van der Waals surface area contributed by atoms with Gasteiger partial charge in [-0.3, -0.25) is 19.8 Å². The smallest absolute Gasteiger partial charge is 0.270 e. The molecule has 0 aliphatic carbocycles. The van der Waals surface area contributed by atoms with Crippen molar-refractivity contribution in [2.24, 2.45) is 0 Å².